The van der Waals surface area contributed by atoms with Crippen molar-refractivity contribution in [3.63, 3.8) is 0 Å². The first-order valence-corrected chi connectivity index (χ1v) is 8.57. The minimum atomic E-state index is -0.0744. The normalized spacial score (nSPS) is 10.6. The van der Waals surface area contributed by atoms with E-state index >= 15 is 0 Å². The summed E-state index contributed by atoms with van der Waals surface area (Å²) in [6.07, 6.45) is 3.76. The van der Waals surface area contributed by atoms with Crippen LogP contribution in [0.5, 0.6) is 0 Å². The van der Waals surface area contributed by atoms with Gasteiger partial charge in [0.1, 0.15) is 0 Å². The molecule has 0 heterocycles. The van der Waals surface area contributed by atoms with E-state index in [1.807, 2.05) is 11.8 Å². The second-order valence-corrected chi connectivity index (χ2v) is 6.52. The van der Waals surface area contributed by atoms with Gasteiger partial charge in [-0.3, -0.25) is 4.79 Å². The predicted octanol–water partition coefficient (Wildman–Crippen LogP) is 4.83. The van der Waals surface area contributed by atoms with Gasteiger partial charge < -0.3 is 11.1 Å². The van der Waals surface area contributed by atoms with Crippen LogP contribution in [0.25, 0.3) is 0 Å². The Morgan fingerprint density at radius 1 is 1.25 bits per heavy atom. The van der Waals surface area contributed by atoms with Crippen LogP contribution in [-0.4, -0.2) is 17.4 Å². The summed E-state index contributed by atoms with van der Waals surface area (Å²) in [6.45, 7) is 2.17. The summed E-state index contributed by atoms with van der Waals surface area (Å²) in [5.74, 6) is 2.08. The Bertz CT molecular complexity index is 432. The molecule has 1 amide bonds. The number of hydrogen-bond donors (Lipinski definition) is 2. The third-order valence-electron chi connectivity index (χ3n) is 2.66. The van der Waals surface area contributed by atoms with Crippen molar-refractivity contribution in [1.29, 1.82) is 0 Å². The van der Waals surface area contributed by atoms with Crippen molar-refractivity contribution in [2.75, 3.05) is 22.6 Å². The number of halogens is 2. The van der Waals surface area contributed by atoms with Crippen LogP contribution in [0, 0.1) is 0 Å². The molecule has 3 nitrogen and oxygen atoms in total. The minimum absolute atomic E-state index is 0.0744. The van der Waals surface area contributed by atoms with Gasteiger partial charge in [0.2, 0.25) is 5.91 Å². The molecule has 6 heteroatoms. The van der Waals surface area contributed by atoms with Gasteiger partial charge in [-0.15, -0.1) is 0 Å². The molecule has 0 aliphatic heterocycles. The van der Waals surface area contributed by atoms with Crippen molar-refractivity contribution in [3.8, 4) is 0 Å². The van der Waals surface area contributed by atoms with Crippen LogP contribution in [0.1, 0.15) is 32.6 Å². The molecule has 0 unspecified atom stereocenters. The number of thioether (sulfide) groups is 1. The zero-order valence-electron chi connectivity index (χ0n) is 11.5. The fourth-order valence-corrected chi connectivity index (χ4v) is 3.24. The molecule has 3 N–H and O–H groups in total. The molecular formula is C14H20Cl2N2OS. The van der Waals surface area contributed by atoms with Gasteiger partial charge in [-0.05, 0) is 36.5 Å². The molecule has 0 aromatic heterocycles. The lowest BCUT2D eigenvalue weighted by Gasteiger charge is -2.10. The summed E-state index contributed by atoms with van der Waals surface area (Å²) in [4.78, 5) is 11.8. The van der Waals surface area contributed by atoms with E-state index in [0.29, 0.717) is 27.8 Å². The highest BCUT2D eigenvalue weighted by atomic mass is 35.5. The molecule has 112 valence electrons. The summed E-state index contributed by atoms with van der Waals surface area (Å²) in [5.41, 5.74) is 6.53. The number of rotatable bonds is 8. The summed E-state index contributed by atoms with van der Waals surface area (Å²) >= 11 is 13.9. The standard InChI is InChI=1S/C14H20Cl2N2OS/c1-2-3-6-20-7-4-5-13(19)18-14-11(15)8-10(17)9-12(14)16/h8-9H,2-7,17H2,1H3,(H,18,19). The average Bonchev–Trinajstić information content (AvgIpc) is 2.38. The summed E-state index contributed by atoms with van der Waals surface area (Å²) < 4.78 is 0. The first kappa shape index (κ1) is 17.5. The summed E-state index contributed by atoms with van der Waals surface area (Å²) in [6, 6.07) is 3.15. The van der Waals surface area contributed by atoms with E-state index in [9.17, 15) is 4.79 Å². The van der Waals surface area contributed by atoms with Gasteiger partial charge in [-0.25, -0.2) is 0 Å². The van der Waals surface area contributed by atoms with Crippen LogP contribution >= 0.6 is 35.0 Å². The highest BCUT2D eigenvalue weighted by Gasteiger charge is 2.10. The van der Waals surface area contributed by atoms with E-state index in [2.05, 4.69) is 12.2 Å². The largest absolute Gasteiger partial charge is 0.399 e. The van der Waals surface area contributed by atoms with E-state index in [0.717, 1.165) is 17.9 Å². The molecule has 0 saturated carbocycles. The summed E-state index contributed by atoms with van der Waals surface area (Å²) in [5, 5.41) is 3.46. The maximum atomic E-state index is 11.8. The zero-order valence-corrected chi connectivity index (χ0v) is 13.9. The third-order valence-corrected chi connectivity index (χ3v) is 4.41. The number of nitrogen functional groups attached to an aromatic ring is 1. The number of amides is 1. The maximum absolute atomic E-state index is 11.8. The van der Waals surface area contributed by atoms with Gasteiger partial charge >= 0.3 is 0 Å². The van der Waals surface area contributed by atoms with E-state index < -0.39 is 0 Å². The minimum Gasteiger partial charge on any atom is -0.399 e. The van der Waals surface area contributed by atoms with Crippen molar-refractivity contribution in [2.45, 2.75) is 32.6 Å². The van der Waals surface area contributed by atoms with E-state index in [1.54, 1.807) is 12.1 Å². The Kier molecular flexibility index (Phi) is 8.19. The van der Waals surface area contributed by atoms with E-state index in [1.165, 1.54) is 12.8 Å². The Labute approximate surface area is 134 Å². The van der Waals surface area contributed by atoms with Gasteiger partial charge in [0.15, 0.2) is 0 Å². The highest BCUT2D eigenvalue weighted by molar-refractivity contribution is 7.99. The van der Waals surface area contributed by atoms with Crippen LogP contribution in [-0.2, 0) is 4.79 Å². The second-order valence-electron chi connectivity index (χ2n) is 4.48. The SMILES string of the molecule is CCCCSCCCC(=O)Nc1c(Cl)cc(N)cc1Cl. The van der Waals surface area contributed by atoms with Crippen LogP contribution in [0.4, 0.5) is 11.4 Å². The number of nitrogens with two attached hydrogens (primary N) is 1. The summed E-state index contributed by atoms with van der Waals surface area (Å²) in [7, 11) is 0. The second kappa shape index (κ2) is 9.37. The molecule has 0 saturated heterocycles. The first-order chi connectivity index (χ1) is 9.54. The quantitative estimate of drug-likeness (QED) is 0.528. The molecule has 0 aliphatic carbocycles. The van der Waals surface area contributed by atoms with Crippen molar-refractivity contribution < 1.29 is 4.79 Å². The van der Waals surface area contributed by atoms with Crippen molar-refractivity contribution in [1.82, 2.24) is 0 Å². The van der Waals surface area contributed by atoms with Gasteiger partial charge in [-0.1, -0.05) is 36.5 Å². The van der Waals surface area contributed by atoms with Gasteiger partial charge in [0.05, 0.1) is 15.7 Å². The van der Waals surface area contributed by atoms with E-state index in [-0.39, 0.29) is 5.91 Å². The van der Waals surface area contributed by atoms with E-state index in [4.69, 9.17) is 28.9 Å². The lowest BCUT2D eigenvalue weighted by atomic mass is 10.2. The van der Waals surface area contributed by atoms with Crippen LogP contribution in [0.2, 0.25) is 10.0 Å². The molecule has 1 aromatic rings. The number of unbranched alkanes of at least 4 members (excludes halogenated alkanes) is 1. The first-order valence-electron chi connectivity index (χ1n) is 6.66. The zero-order chi connectivity index (χ0) is 15.0. The Morgan fingerprint density at radius 2 is 1.85 bits per heavy atom. The lowest BCUT2D eigenvalue weighted by Crippen LogP contribution is -2.12. The molecule has 1 rings (SSSR count). The number of carbonyl (C=O) groups excluding carboxylic acids is 1. The van der Waals surface area contributed by atoms with Gasteiger partial charge in [0.25, 0.3) is 0 Å². The van der Waals surface area contributed by atoms with Crippen molar-refractivity contribution >= 4 is 52.2 Å². The predicted molar refractivity (Wildman–Crippen MR) is 91.0 cm³/mol. The van der Waals surface area contributed by atoms with Crippen molar-refractivity contribution in [2.24, 2.45) is 0 Å². The number of nitrogens with one attached hydrogen (secondary N) is 1. The Balaban J connectivity index is 2.36. The highest BCUT2D eigenvalue weighted by Crippen LogP contribution is 2.32. The molecule has 0 fully saturated rings. The Morgan fingerprint density at radius 3 is 2.45 bits per heavy atom. The molecule has 1 aromatic carbocycles. The topological polar surface area (TPSA) is 55.1 Å². The monoisotopic (exact) mass is 334 g/mol. The third kappa shape index (κ3) is 6.25. The fourth-order valence-electron chi connectivity index (χ4n) is 1.60. The number of benzene rings is 1. The molecular weight excluding hydrogens is 315 g/mol. The van der Waals surface area contributed by atoms with Crippen LogP contribution < -0.4 is 11.1 Å². The lowest BCUT2D eigenvalue weighted by molar-refractivity contribution is -0.116. The molecule has 0 bridgehead atoms. The molecule has 0 atom stereocenters. The molecule has 20 heavy (non-hydrogen) atoms. The number of carbonyl (C=O) groups is 1. The van der Waals surface area contributed by atoms with Gasteiger partial charge in [0, 0.05) is 12.1 Å². The maximum Gasteiger partial charge on any atom is 0.224 e. The number of hydrogen-bond acceptors (Lipinski definition) is 3. The Hall–Kier alpha value is -0.580. The van der Waals surface area contributed by atoms with Crippen molar-refractivity contribution in [3.05, 3.63) is 22.2 Å². The smallest absolute Gasteiger partial charge is 0.224 e. The number of anilines is 2. The van der Waals surface area contributed by atoms with Crippen LogP contribution in [0.15, 0.2) is 12.1 Å². The fraction of sp³-hybridized carbons (Fsp3) is 0.500. The van der Waals surface area contributed by atoms with Crippen LogP contribution in [0.3, 0.4) is 0 Å². The molecule has 0 aliphatic rings. The average molecular weight is 335 g/mol. The molecule has 0 radical (unpaired) electrons. The van der Waals surface area contributed by atoms with Gasteiger partial charge in [-0.2, -0.15) is 11.8 Å². The molecule has 0 spiro atoms.